The molecular weight excluding hydrogens is 321 g/mol. The Morgan fingerprint density at radius 1 is 1.25 bits per heavy atom. The number of aliphatic hydroxyl groups excluding tert-OH is 1. The summed E-state index contributed by atoms with van der Waals surface area (Å²) < 4.78 is 43.2. The van der Waals surface area contributed by atoms with Crippen molar-refractivity contribution in [2.75, 3.05) is 18.6 Å². The summed E-state index contributed by atoms with van der Waals surface area (Å²) >= 11 is 0. The highest BCUT2D eigenvalue weighted by Gasteiger charge is 2.35. The first-order valence-electron chi connectivity index (χ1n) is 7.50. The van der Waals surface area contributed by atoms with E-state index in [-0.39, 0.29) is 6.04 Å². The standard InChI is InChI=1S/C17H17F3N2O2/c1-24-14-4-2-3-11(7-14)15-8-13(23)10-22(15)16-6-5-12(9-21-16)17(18,19)20/h2-7,9,13,15,23H,8,10H2,1H3/t13-,15+/m0/s1. The number of nitrogens with zero attached hydrogens (tertiary/aromatic N) is 2. The maximum Gasteiger partial charge on any atom is 0.417 e. The molecule has 0 radical (unpaired) electrons. The highest BCUT2D eigenvalue weighted by Crippen LogP contribution is 2.37. The SMILES string of the molecule is COc1cccc([C@H]2C[C@H](O)CN2c2ccc(C(F)(F)F)cn2)c1. The summed E-state index contributed by atoms with van der Waals surface area (Å²) in [5.41, 5.74) is 0.136. The maximum absolute atomic E-state index is 12.7. The van der Waals surface area contributed by atoms with Crippen LogP contribution >= 0.6 is 0 Å². The molecule has 0 saturated carbocycles. The van der Waals surface area contributed by atoms with Crippen molar-refractivity contribution < 1.29 is 23.0 Å². The number of methoxy groups -OCH3 is 1. The minimum Gasteiger partial charge on any atom is -0.497 e. The summed E-state index contributed by atoms with van der Waals surface area (Å²) in [7, 11) is 1.57. The predicted molar refractivity (Wildman–Crippen MR) is 82.9 cm³/mol. The van der Waals surface area contributed by atoms with Crippen LogP contribution in [0.4, 0.5) is 19.0 Å². The predicted octanol–water partition coefficient (Wildman–Crippen LogP) is 3.42. The Balaban J connectivity index is 1.90. The fraction of sp³-hybridized carbons (Fsp3) is 0.353. The average molecular weight is 338 g/mol. The van der Waals surface area contributed by atoms with E-state index in [0.717, 1.165) is 17.8 Å². The van der Waals surface area contributed by atoms with Crippen LogP contribution in [0.3, 0.4) is 0 Å². The Hall–Kier alpha value is -2.28. The fourth-order valence-electron chi connectivity index (χ4n) is 2.96. The fourth-order valence-corrected chi connectivity index (χ4v) is 2.96. The molecule has 0 unspecified atom stereocenters. The molecule has 1 fully saturated rings. The van der Waals surface area contributed by atoms with Crippen molar-refractivity contribution in [1.82, 2.24) is 4.98 Å². The summed E-state index contributed by atoms with van der Waals surface area (Å²) in [5.74, 6) is 1.10. The lowest BCUT2D eigenvalue weighted by molar-refractivity contribution is -0.137. The van der Waals surface area contributed by atoms with Crippen LogP contribution in [0, 0.1) is 0 Å². The molecule has 1 aromatic heterocycles. The van der Waals surface area contributed by atoms with Gasteiger partial charge in [-0.05, 0) is 36.2 Å². The van der Waals surface area contributed by atoms with Crippen molar-refractivity contribution in [2.45, 2.75) is 24.7 Å². The molecule has 1 aliphatic rings. The van der Waals surface area contributed by atoms with Crippen molar-refractivity contribution in [3.05, 3.63) is 53.7 Å². The number of rotatable bonds is 3. The Morgan fingerprint density at radius 2 is 2.04 bits per heavy atom. The van der Waals surface area contributed by atoms with Crippen molar-refractivity contribution in [2.24, 2.45) is 0 Å². The Kier molecular flexibility index (Phi) is 4.36. The van der Waals surface area contributed by atoms with E-state index in [1.165, 1.54) is 6.07 Å². The van der Waals surface area contributed by atoms with Gasteiger partial charge in [-0.15, -0.1) is 0 Å². The topological polar surface area (TPSA) is 45.6 Å². The van der Waals surface area contributed by atoms with E-state index in [4.69, 9.17) is 4.74 Å². The lowest BCUT2D eigenvalue weighted by Gasteiger charge is -2.26. The molecule has 2 atom stereocenters. The van der Waals surface area contributed by atoms with Crippen LogP contribution < -0.4 is 9.64 Å². The zero-order valence-electron chi connectivity index (χ0n) is 13.0. The monoisotopic (exact) mass is 338 g/mol. The zero-order valence-corrected chi connectivity index (χ0v) is 13.0. The highest BCUT2D eigenvalue weighted by atomic mass is 19.4. The molecule has 0 aliphatic carbocycles. The van der Waals surface area contributed by atoms with Gasteiger partial charge < -0.3 is 14.7 Å². The third-order valence-corrected chi connectivity index (χ3v) is 4.13. The van der Waals surface area contributed by atoms with Gasteiger partial charge >= 0.3 is 6.18 Å². The number of aliphatic hydroxyl groups is 1. The van der Waals surface area contributed by atoms with E-state index >= 15 is 0 Å². The third kappa shape index (κ3) is 3.31. The zero-order chi connectivity index (χ0) is 17.3. The molecule has 0 spiro atoms. The molecule has 0 bridgehead atoms. The van der Waals surface area contributed by atoms with Crippen molar-refractivity contribution >= 4 is 5.82 Å². The number of hydrogen-bond donors (Lipinski definition) is 1. The smallest absolute Gasteiger partial charge is 0.417 e. The number of ether oxygens (including phenoxy) is 1. The van der Waals surface area contributed by atoms with Gasteiger partial charge in [-0.1, -0.05) is 12.1 Å². The molecule has 7 heteroatoms. The molecule has 4 nitrogen and oxygen atoms in total. The van der Waals surface area contributed by atoms with Gasteiger partial charge in [-0.3, -0.25) is 0 Å². The first kappa shape index (κ1) is 16.6. The summed E-state index contributed by atoms with van der Waals surface area (Å²) in [5, 5.41) is 10.0. The minimum absolute atomic E-state index is 0.167. The summed E-state index contributed by atoms with van der Waals surface area (Å²) in [6.07, 6.45) is -3.67. The third-order valence-electron chi connectivity index (χ3n) is 4.13. The molecule has 1 saturated heterocycles. The number of hydrogen-bond acceptors (Lipinski definition) is 4. The normalized spacial score (nSPS) is 21.1. The molecule has 128 valence electrons. The van der Waals surface area contributed by atoms with E-state index in [0.29, 0.717) is 24.5 Å². The van der Waals surface area contributed by atoms with Gasteiger partial charge in [-0.2, -0.15) is 13.2 Å². The maximum atomic E-state index is 12.7. The Bertz CT molecular complexity index is 704. The van der Waals surface area contributed by atoms with Crippen LogP contribution in [0.1, 0.15) is 23.6 Å². The number of pyridine rings is 1. The van der Waals surface area contributed by atoms with Gasteiger partial charge in [0.25, 0.3) is 0 Å². The molecule has 24 heavy (non-hydrogen) atoms. The molecule has 3 rings (SSSR count). The van der Waals surface area contributed by atoms with Crippen LogP contribution in [-0.2, 0) is 6.18 Å². The number of benzene rings is 1. The molecule has 2 heterocycles. The molecule has 2 aromatic rings. The first-order chi connectivity index (χ1) is 11.4. The Labute approximate surface area is 137 Å². The van der Waals surface area contributed by atoms with Gasteiger partial charge in [0.1, 0.15) is 11.6 Å². The van der Waals surface area contributed by atoms with Crippen molar-refractivity contribution in [1.29, 1.82) is 0 Å². The lowest BCUT2D eigenvalue weighted by atomic mass is 10.0. The highest BCUT2D eigenvalue weighted by molar-refractivity contribution is 5.46. The van der Waals surface area contributed by atoms with E-state index < -0.39 is 17.8 Å². The number of anilines is 1. The average Bonchev–Trinajstić information content (AvgIpc) is 2.96. The molecule has 1 aromatic carbocycles. The summed E-state index contributed by atoms with van der Waals surface area (Å²) in [4.78, 5) is 5.76. The van der Waals surface area contributed by atoms with E-state index in [9.17, 15) is 18.3 Å². The summed E-state index contributed by atoms with van der Waals surface area (Å²) in [6, 6.07) is 9.61. The number of halogens is 3. The number of β-amino-alcohol motifs (C(OH)–C–C–N with tert-alkyl or cyclic N) is 1. The summed E-state index contributed by atoms with van der Waals surface area (Å²) in [6.45, 7) is 0.320. The van der Waals surface area contributed by atoms with E-state index in [2.05, 4.69) is 4.98 Å². The van der Waals surface area contributed by atoms with E-state index in [1.807, 2.05) is 29.2 Å². The second-order valence-electron chi connectivity index (χ2n) is 5.74. The molecule has 0 amide bonds. The lowest BCUT2D eigenvalue weighted by Crippen LogP contribution is -2.25. The molecular formula is C17H17F3N2O2. The van der Waals surface area contributed by atoms with Gasteiger partial charge in [0.05, 0.1) is 24.8 Å². The van der Waals surface area contributed by atoms with Gasteiger partial charge in [0.2, 0.25) is 0 Å². The largest absolute Gasteiger partial charge is 0.497 e. The van der Waals surface area contributed by atoms with Crippen molar-refractivity contribution in [3.63, 3.8) is 0 Å². The number of alkyl halides is 3. The first-order valence-corrected chi connectivity index (χ1v) is 7.50. The molecule has 1 N–H and O–H groups in total. The van der Waals surface area contributed by atoms with Crippen LogP contribution in [0.2, 0.25) is 0 Å². The minimum atomic E-state index is -4.41. The van der Waals surface area contributed by atoms with E-state index in [1.54, 1.807) is 7.11 Å². The van der Waals surface area contributed by atoms with Gasteiger partial charge in [-0.25, -0.2) is 4.98 Å². The van der Waals surface area contributed by atoms with Gasteiger partial charge in [0, 0.05) is 12.7 Å². The van der Waals surface area contributed by atoms with Crippen LogP contribution in [0.25, 0.3) is 0 Å². The Morgan fingerprint density at radius 3 is 2.67 bits per heavy atom. The van der Waals surface area contributed by atoms with Gasteiger partial charge in [0.15, 0.2) is 0 Å². The second kappa shape index (κ2) is 6.32. The second-order valence-corrected chi connectivity index (χ2v) is 5.74. The van der Waals surface area contributed by atoms with Crippen LogP contribution in [0.15, 0.2) is 42.6 Å². The van der Waals surface area contributed by atoms with Crippen LogP contribution in [-0.4, -0.2) is 29.8 Å². The number of aromatic nitrogens is 1. The molecule has 1 aliphatic heterocycles. The van der Waals surface area contributed by atoms with Crippen molar-refractivity contribution in [3.8, 4) is 5.75 Å². The quantitative estimate of drug-likeness (QED) is 0.931. The van der Waals surface area contributed by atoms with Crippen LogP contribution in [0.5, 0.6) is 5.75 Å².